The summed E-state index contributed by atoms with van der Waals surface area (Å²) in [6.07, 6.45) is 3.67. The van der Waals surface area contributed by atoms with Gasteiger partial charge in [-0.2, -0.15) is 5.10 Å². The van der Waals surface area contributed by atoms with Gasteiger partial charge in [-0.3, -0.25) is 9.89 Å². The summed E-state index contributed by atoms with van der Waals surface area (Å²) < 4.78 is 0. The fraction of sp³-hybridized carbons (Fsp3) is 0.333. The maximum atomic E-state index is 13.0. The van der Waals surface area contributed by atoms with Crippen LogP contribution in [0.15, 0.2) is 36.5 Å². The van der Waals surface area contributed by atoms with Gasteiger partial charge in [0.1, 0.15) is 0 Å². The Morgan fingerprint density at radius 2 is 2.03 bits per heavy atom. The minimum Gasteiger partial charge on any atom is -0.347 e. The molecule has 162 valence electrons. The van der Waals surface area contributed by atoms with Crippen molar-refractivity contribution in [2.45, 2.75) is 38.8 Å². The Morgan fingerprint density at radius 1 is 1.23 bits per heavy atom. The Balaban J connectivity index is 1.58. The number of amides is 1. The Hall–Kier alpha value is -3.17. The second kappa shape index (κ2) is 9.32. The highest BCUT2D eigenvalue weighted by molar-refractivity contribution is 6.30. The SMILES string of the molecule is Cc1cc(Nc2cnc(C(=O)NC(C)C3CCCN3)c(Nc3ccc(Cl)cc3)n2)n[nH]1. The molecule has 2 unspecified atom stereocenters. The summed E-state index contributed by atoms with van der Waals surface area (Å²) in [5, 5.41) is 20.4. The summed E-state index contributed by atoms with van der Waals surface area (Å²) in [7, 11) is 0. The number of nitrogens with zero attached hydrogens (tertiary/aromatic N) is 3. The van der Waals surface area contributed by atoms with Crippen molar-refractivity contribution in [3.05, 3.63) is 52.9 Å². The Morgan fingerprint density at radius 3 is 2.71 bits per heavy atom. The van der Waals surface area contributed by atoms with Gasteiger partial charge in [0, 0.05) is 34.6 Å². The highest BCUT2D eigenvalue weighted by Gasteiger charge is 2.25. The average molecular weight is 441 g/mol. The molecule has 0 radical (unpaired) electrons. The molecule has 2 atom stereocenters. The fourth-order valence-corrected chi connectivity index (χ4v) is 3.63. The molecule has 2 aromatic heterocycles. The van der Waals surface area contributed by atoms with E-state index >= 15 is 0 Å². The van der Waals surface area contributed by atoms with Crippen molar-refractivity contribution in [2.24, 2.45) is 0 Å². The first-order chi connectivity index (χ1) is 15.0. The lowest BCUT2D eigenvalue weighted by Crippen LogP contribution is -2.45. The first kappa shape index (κ1) is 21.1. The molecule has 3 aromatic rings. The average Bonchev–Trinajstić information content (AvgIpc) is 3.42. The van der Waals surface area contributed by atoms with Crippen molar-refractivity contribution in [1.29, 1.82) is 0 Å². The second-order valence-electron chi connectivity index (χ2n) is 7.61. The molecule has 1 amide bonds. The third kappa shape index (κ3) is 5.31. The molecule has 0 spiro atoms. The van der Waals surface area contributed by atoms with Crippen LogP contribution in [-0.4, -0.2) is 44.7 Å². The van der Waals surface area contributed by atoms with Gasteiger partial charge in [-0.1, -0.05) is 11.6 Å². The van der Waals surface area contributed by atoms with Crippen LogP contribution in [0.3, 0.4) is 0 Å². The molecule has 1 fully saturated rings. The molecule has 1 saturated heterocycles. The van der Waals surface area contributed by atoms with Gasteiger partial charge < -0.3 is 21.3 Å². The minimum absolute atomic E-state index is 0.0231. The van der Waals surface area contributed by atoms with Crippen LogP contribution in [0.25, 0.3) is 0 Å². The van der Waals surface area contributed by atoms with Crippen LogP contribution >= 0.6 is 11.6 Å². The second-order valence-corrected chi connectivity index (χ2v) is 8.05. The van der Waals surface area contributed by atoms with Crippen LogP contribution in [0.2, 0.25) is 5.02 Å². The molecule has 0 aliphatic carbocycles. The van der Waals surface area contributed by atoms with Gasteiger partial charge in [0.2, 0.25) is 0 Å². The predicted molar refractivity (Wildman–Crippen MR) is 121 cm³/mol. The first-order valence-corrected chi connectivity index (χ1v) is 10.6. The number of carbonyl (C=O) groups excluding carboxylic acids is 1. The minimum atomic E-state index is -0.285. The zero-order chi connectivity index (χ0) is 21.8. The van der Waals surface area contributed by atoms with Crippen LogP contribution in [-0.2, 0) is 0 Å². The number of nitrogens with one attached hydrogen (secondary N) is 5. The monoisotopic (exact) mass is 440 g/mol. The molecule has 0 saturated carbocycles. The van der Waals surface area contributed by atoms with E-state index in [4.69, 9.17) is 11.6 Å². The number of anilines is 4. The summed E-state index contributed by atoms with van der Waals surface area (Å²) in [5.41, 5.74) is 1.87. The van der Waals surface area contributed by atoms with Crippen LogP contribution in [0.5, 0.6) is 0 Å². The highest BCUT2D eigenvalue weighted by atomic mass is 35.5. The molecule has 1 aromatic carbocycles. The lowest BCUT2D eigenvalue weighted by atomic mass is 10.1. The first-order valence-electron chi connectivity index (χ1n) is 10.2. The Kier molecular flexibility index (Phi) is 6.34. The van der Waals surface area contributed by atoms with Gasteiger partial charge in [0.25, 0.3) is 5.91 Å². The van der Waals surface area contributed by atoms with Crippen molar-refractivity contribution in [3.63, 3.8) is 0 Å². The largest absolute Gasteiger partial charge is 0.347 e. The predicted octanol–water partition coefficient (Wildman–Crippen LogP) is 3.52. The van der Waals surface area contributed by atoms with Crippen LogP contribution in [0.4, 0.5) is 23.1 Å². The zero-order valence-electron chi connectivity index (χ0n) is 17.4. The summed E-state index contributed by atoms with van der Waals surface area (Å²) in [6.45, 7) is 4.88. The number of benzene rings is 1. The molecule has 31 heavy (non-hydrogen) atoms. The normalized spacial score (nSPS) is 16.7. The zero-order valence-corrected chi connectivity index (χ0v) is 18.1. The topological polar surface area (TPSA) is 120 Å². The van der Waals surface area contributed by atoms with Crippen LogP contribution < -0.4 is 21.3 Å². The molecule has 1 aliphatic rings. The van der Waals surface area contributed by atoms with E-state index in [-0.39, 0.29) is 23.7 Å². The Bertz CT molecular complexity index is 1050. The maximum Gasteiger partial charge on any atom is 0.274 e. The van der Waals surface area contributed by atoms with E-state index in [1.807, 2.05) is 32.0 Å². The van der Waals surface area contributed by atoms with Crippen molar-refractivity contribution in [3.8, 4) is 0 Å². The standard InChI is InChI=1S/C21H25ClN8O/c1-12-10-17(30-29-12)27-18-11-24-19(21(31)25-13(2)16-4-3-9-23-16)20(28-18)26-15-7-5-14(22)6-8-15/h5-8,10-11,13,16,23H,3-4,9H2,1-2H3,(H,25,31)(H3,26,27,28,29,30). The quantitative estimate of drug-likeness (QED) is 0.381. The number of carbonyl (C=O) groups is 1. The highest BCUT2D eigenvalue weighted by Crippen LogP contribution is 2.23. The van der Waals surface area contributed by atoms with E-state index in [0.717, 1.165) is 30.8 Å². The van der Waals surface area contributed by atoms with Crippen molar-refractivity contribution < 1.29 is 4.79 Å². The summed E-state index contributed by atoms with van der Waals surface area (Å²) >= 11 is 5.99. The van der Waals surface area contributed by atoms with Gasteiger partial charge in [0.15, 0.2) is 23.1 Å². The molecular formula is C21H25ClN8O. The fourth-order valence-electron chi connectivity index (χ4n) is 3.50. The number of H-pyrrole nitrogens is 1. The smallest absolute Gasteiger partial charge is 0.274 e. The number of aryl methyl sites for hydroxylation is 1. The third-order valence-corrected chi connectivity index (χ3v) is 5.37. The molecular weight excluding hydrogens is 416 g/mol. The number of rotatable bonds is 7. The number of hydrogen-bond acceptors (Lipinski definition) is 7. The van der Waals surface area contributed by atoms with Crippen molar-refractivity contribution >= 4 is 40.6 Å². The van der Waals surface area contributed by atoms with Gasteiger partial charge in [-0.15, -0.1) is 0 Å². The van der Waals surface area contributed by atoms with Gasteiger partial charge >= 0.3 is 0 Å². The molecule has 4 rings (SSSR count). The van der Waals surface area contributed by atoms with E-state index < -0.39 is 0 Å². The van der Waals surface area contributed by atoms with Crippen molar-refractivity contribution in [1.82, 2.24) is 30.8 Å². The third-order valence-electron chi connectivity index (χ3n) is 5.12. The van der Waals surface area contributed by atoms with E-state index in [1.165, 1.54) is 6.20 Å². The number of aromatic nitrogens is 4. The van der Waals surface area contributed by atoms with E-state index in [1.54, 1.807) is 12.1 Å². The lowest BCUT2D eigenvalue weighted by Gasteiger charge is -2.21. The lowest BCUT2D eigenvalue weighted by molar-refractivity contribution is 0.0928. The number of aromatic amines is 1. The summed E-state index contributed by atoms with van der Waals surface area (Å²) in [6, 6.07) is 9.24. The van der Waals surface area contributed by atoms with Crippen LogP contribution in [0, 0.1) is 6.92 Å². The van der Waals surface area contributed by atoms with Gasteiger partial charge in [-0.25, -0.2) is 9.97 Å². The summed E-state index contributed by atoms with van der Waals surface area (Å²) in [4.78, 5) is 22.0. The summed E-state index contributed by atoms with van der Waals surface area (Å²) in [5.74, 6) is 1.13. The van der Waals surface area contributed by atoms with Crippen LogP contribution in [0.1, 0.15) is 35.9 Å². The Labute approximate surface area is 185 Å². The molecule has 1 aliphatic heterocycles. The van der Waals surface area contributed by atoms with E-state index in [0.29, 0.717) is 22.5 Å². The molecule has 5 N–H and O–H groups in total. The van der Waals surface area contributed by atoms with E-state index in [2.05, 4.69) is 41.4 Å². The number of hydrogen-bond donors (Lipinski definition) is 5. The number of halogens is 1. The molecule has 0 bridgehead atoms. The maximum absolute atomic E-state index is 13.0. The van der Waals surface area contributed by atoms with Crippen molar-refractivity contribution in [2.75, 3.05) is 17.2 Å². The molecule has 10 heteroatoms. The van der Waals surface area contributed by atoms with Gasteiger partial charge in [0.05, 0.1) is 6.20 Å². The molecule has 9 nitrogen and oxygen atoms in total. The van der Waals surface area contributed by atoms with E-state index in [9.17, 15) is 4.79 Å². The van der Waals surface area contributed by atoms with Gasteiger partial charge in [-0.05, 0) is 57.5 Å². The molecule has 3 heterocycles.